The van der Waals surface area contributed by atoms with E-state index in [2.05, 4.69) is 28.1 Å². The third-order valence-corrected chi connectivity index (χ3v) is 3.19. The van der Waals surface area contributed by atoms with Gasteiger partial charge in [-0.3, -0.25) is 0 Å². The largest absolute Gasteiger partial charge is 0.142 e. The van der Waals surface area contributed by atoms with Crippen LogP contribution in [0.2, 0.25) is 0 Å². The van der Waals surface area contributed by atoms with Gasteiger partial charge in [-0.05, 0) is 27.4 Å². The molecule has 0 amide bonds. The van der Waals surface area contributed by atoms with E-state index in [1.165, 1.54) is 10.1 Å². The van der Waals surface area contributed by atoms with Crippen molar-refractivity contribution in [2.24, 2.45) is 0 Å². The number of benzene rings is 1. The van der Waals surface area contributed by atoms with Gasteiger partial charge in [0.15, 0.2) is 0 Å². The van der Waals surface area contributed by atoms with Crippen molar-refractivity contribution in [3.63, 3.8) is 0 Å². The number of halogens is 1. The molecule has 1 aromatic heterocycles. The van der Waals surface area contributed by atoms with E-state index in [-0.39, 0.29) is 0 Å². The molecule has 0 saturated heterocycles. The first-order chi connectivity index (χ1) is 4.88. The molecule has 1 radical (unpaired) electrons. The molecule has 0 fully saturated rings. The molecule has 2 aromatic rings. The minimum atomic E-state index is 1.16. The molecule has 0 N–H and O–H groups in total. The van der Waals surface area contributed by atoms with Crippen LogP contribution in [0.15, 0.2) is 28.1 Å². The molecule has 49 valence electrons. The van der Waals surface area contributed by atoms with Gasteiger partial charge in [-0.25, -0.2) is 0 Å². The molecule has 0 unspecified atom stereocenters. The number of hydrogen-bond donors (Lipinski definition) is 0. The summed E-state index contributed by atoms with van der Waals surface area (Å²) in [6, 6.07) is 9.29. The second kappa shape index (κ2) is 2.36. The molecular weight excluding hydrogens is 208 g/mol. The van der Waals surface area contributed by atoms with Crippen LogP contribution in [-0.4, -0.2) is 0 Å². The van der Waals surface area contributed by atoms with Crippen molar-refractivity contribution in [3.8, 4) is 0 Å². The lowest BCUT2D eigenvalue weighted by molar-refractivity contribution is 1.79. The van der Waals surface area contributed by atoms with Gasteiger partial charge in [0.05, 0.1) is 0 Å². The lowest BCUT2D eigenvalue weighted by Crippen LogP contribution is -1.62. The lowest BCUT2D eigenvalue weighted by Gasteiger charge is -1.89. The monoisotopic (exact) mass is 211 g/mol. The van der Waals surface area contributed by atoms with Gasteiger partial charge in [0.2, 0.25) is 0 Å². The molecule has 0 aliphatic carbocycles. The lowest BCUT2D eigenvalue weighted by atomic mass is 10.3. The highest BCUT2D eigenvalue weighted by Crippen LogP contribution is 2.27. The summed E-state index contributed by atoms with van der Waals surface area (Å²) in [6.07, 6.45) is 0. The maximum Gasteiger partial charge on any atom is 0.0491 e. The summed E-state index contributed by atoms with van der Waals surface area (Å²) < 4.78 is 2.44. The van der Waals surface area contributed by atoms with Gasteiger partial charge in [-0.1, -0.05) is 12.1 Å². The Kier molecular flexibility index (Phi) is 1.51. The number of rotatable bonds is 0. The first-order valence-corrected chi connectivity index (χ1v) is 4.58. The van der Waals surface area contributed by atoms with Crippen LogP contribution in [0.25, 0.3) is 10.1 Å². The Morgan fingerprint density at radius 1 is 1.40 bits per heavy atom. The molecule has 0 bridgehead atoms. The summed E-state index contributed by atoms with van der Waals surface area (Å²) in [7, 11) is 0. The fourth-order valence-electron chi connectivity index (χ4n) is 0.894. The average molecular weight is 212 g/mol. The topological polar surface area (TPSA) is 0 Å². The zero-order valence-corrected chi connectivity index (χ0v) is 7.50. The maximum atomic E-state index is 3.47. The van der Waals surface area contributed by atoms with Crippen LogP contribution < -0.4 is 0 Å². The van der Waals surface area contributed by atoms with Gasteiger partial charge in [0, 0.05) is 20.6 Å². The zero-order chi connectivity index (χ0) is 6.97. The SMILES string of the molecule is Brc1cccc2[c]csc12. The van der Waals surface area contributed by atoms with Crippen molar-refractivity contribution in [2.75, 3.05) is 0 Å². The van der Waals surface area contributed by atoms with E-state index >= 15 is 0 Å². The molecule has 2 rings (SSSR count). The van der Waals surface area contributed by atoms with Gasteiger partial charge in [-0.15, -0.1) is 11.3 Å². The highest BCUT2D eigenvalue weighted by atomic mass is 79.9. The van der Waals surface area contributed by atoms with E-state index in [4.69, 9.17) is 0 Å². The Morgan fingerprint density at radius 2 is 2.30 bits per heavy atom. The molecule has 0 atom stereocenters. The highest BCUT2D eigenvalue weighted by molar-refractivity contribution is 9.10. The van der Waals surface area contributed by atoms with Crippen molar-refractivity contribution in [2.45, 2.75) is 0 Å². The van der Waals surface area contributed by atoms with E-state index in [0.29, 0.717) is 0 Å². The second-order valence-corrected chi connectivity index (χ2v) is 3.73. The van der Waals surface area contributed by atoms with Gasteiger partial charge >= 0.3 is 0 Å². The summed E-state index contributed by atoms with van der Waals surface area (Å²) in [5.41, 5.74) is 0. The van der Waals surface area contributed by atoms with Crippen molar-refractivity contribution >= 4 is 37.4 Å². The third-order valence-electron chi connectivity index (χ3n) is 1.36. The molecule has 10 heavy (non-hydrogen) atoms. The van der Waals surface area contributed by atoms with E-state index in [1.54, 1.807) is 11.3 Å². The van der Waals surface area contributed by atoms with Gasteiger partial charge in [-0.2, -0.15) is 0 Å². The van der Waals surface area contributed by atoms with E-state index in [9.17, 15) is 0 Å². The van der Waals surface area contributed by atoms with Crippen LogP contribution in [0.5, 0.6) is 0 Å². The van der Waals surface area contributed by atoms with E-state index in [1.807, 2.05) is 17.5 Å². The van der Waals surface area contributed by atoms with Crippen LogP contribution in [0.4, 0.5) is 0 Å². The Morgan fingerprint density at radius 3 is 3.10 bits per heavy atom. The van der Waals surface area contributed by atoms with Crippen molar-refractivity contribution in [3.05, 3.63) is 34.1 Å². The van der Waals surface area contributed by atoms with Crippen molar-refractivity contribution < 1.29 is 0 Å². The maximum absolute atomic E-state index is 3.47. The number of hydrogen-bond acceptors (Lipinski definition) is 1. The van der Waals surface area contributed by atoms with Gasteiger partial charge in [0.25, 0.3) is 0 Å². The molecule has 1 heterocycles. The highest BCUT2D eigenvalue weighted by Gasteiger charge is 1.96. The molecular formula is C8H4BrS. The summed E-state index contributed by atoms with van der Waals surface area (Å²) in [4.78, 5) is 0. The number of fused-ring (bicyclic) bond motifs is 1. The zero-order valence-electron chi connectivity index (χ0n) is 5.10. The molecule has 0 nitrogen and oxygen atoms in total. The first-order valence-electron chi connectivity index (χ1n) is 2.91. The number of thiophene rings is 1. The Labute approximate surface area is 71.6 Å². The Balaban J connectivity index is 2.95. The minimum Gasteiger partial charge on any atom is -0.142 e. The predicted octanol–water partition coefficient (Wildman–Crippen LogP) is 3.46. The Hall–Kier alpha value is -0.340. The fourth-order valence-corrected chi connectivity index (χ4v) is 2.28. The van der Waals surface area contributed by atoms with Crippen LogP contribution >= 0.6 is 27.3 Å². The molecule has 0 saturated carbocycles. The molecule has 0 aliphatic heterocycles. The smallest absolute Gasteiger partial charge is 0.0491 e. The summed E-state index contributed by atoms with van der Waals surface area (Å²) >= 11 is 5.18. The predicted molar refractivity (Wildman–Crippen MR) is 48.4 cm³/mol. The second-order valence-electron chi connectivity index (χ2n) is 2.00. The van der Waals surface area contributed by atoms with Crippen molar-refractivity contribution in [1.29, 1.82) is 0 Å². The standard InChI is InChI=1S/C8H4BrS/c9-7-3-1-2-6-4-5-10-8(6)7/h1-3,5H. The normalized spacial score (nSPS) is 10.5. The third kappa shape index (κ3) is 0.879. The first kappa shape index (κ1) is 6.38. The van der Waals surface area contributed by atoms with Crippen LogP contribution in [0.3, 0.4) is 0 Å². The minimum absolute atomic E-state index is 1.16. The molecule has 2 heteroatoms. The average Bonchev–Trinajstić information content (AvgIpc) is 2.36. The summed E-state index contributed by atoms with van der Waals surface area (Å²) in [6.45, 7) is 0. The van der Waals surface area contributed by atoms with Crippen molar-refractivity contribution in [1.82, 2.24) is 0 Å². The van der Waals surface area contributed by atoms with Crippen LogP contribution in [-0.2, 0) is 0 Å². The molecule has 1 aromatic carbocycles. The Bertz CT molecular complexity index is 351. The van der Waals surface area contributed by atoms with E-state index < -0.39 is 0 Å². The molecule has 0 aliphatic rings. The van der Waals surface area contributed by atoms with E-state index in [0.717, 1.165) is 4.47 Å². The molecule has 0 spiro atoms. The van der Waals surface area contributed by atoms with Crippen LogP contribution in [0.1, 0.15) is 0 Å². The fraction of sp³-hybridized carbons (Fsp3) is 0. The van der Waals surface area contributed by atoms with Gasteiger partial charge in [0.1, 0.15) is 0 Å². The summed E-state index contributed by atoms with van der Waals surface area (Å²) in [5, 5.41) is 3.18. The van der Waals surface area contributed by atoms with Crippen LogP contribution in [0, 0.1) is 6.07 Å². The quantitative estimate of drug-likeness (QED) is 0.627. The summed E-state index contributed by atoms with van der Waals surface area (Å²) in [5.74, 6) is 0. The van der Waals surface area contributed by atoms with Gasteiger partial charge < -0.3 is 0 Å².